The van der Waals surface area contributed by atoms with Gasteiger partial charge in [0.05, 0.1) is 11.9 Å². The third-order valence-corrected chi connectivity index (χ3v) is 3.61. The number of amides is 2. The highest BCUT2D eigenvalue weighted by Crippen LogP contribution is 2.21. The van der Waals surface area contributed by atoms with Crippen LogP contribution in [0.5, 0.6) is 0 Å². The number of carbonyl (C=O) groups is 2. The highest BCUT2D eigenvalue weighted by atomic mass is 16.2. The van der Waals surface area contributed by atoms with Crippen LogP contribution in [0.4, 0.5) is 5.69 Å². The molecule has 2 heterocycles. The second-order valence-electron chi connectivity index (χ2n) is 4.93. The predicted octanol–water partition coefficient (Wildman–Crippen LogP) is 0.160. The van der Waals surface area contributed by atoms with Crippen molar-refractivity contribution in [2.24, 2.45) is 5.92 Å². The lowest BCUT2D eigenvalue weighted by Crippen LogP contribution is -2.43. The van der Waals surface area contributed by atoms with E-state index in [9.17, 15) is 9.59 Å². The summed E-state index contributed by atoms with van der Waals surface area (Å²) in [6, 6.07) is 3.99. The third-order valence-electron chi connectivity index (χ3n) is 3.61. The number of likely N-dealkylation sites (N-methyl/N-ethyl adjacent to an activating group) is 1. The average Bonchev–Trinajstić information content (AvgIpc) is 2.53. The fourth-order valence-corrected chi connectivity index (χ4v) is 2.37. The Hall–Kier alpha value is -2.11. The summed E-state index contributed by atoms with van der Waals surface area (Å²) in [6.07, 6.45) is 5.64. The fraction of sp³-hybridized carbons (Fsp3) is 0.500. The van der Waals surface area contributed by atoms with E-state index in [4.69, 9.17) is 0 Å². The molecule has 0 aliphatic carbocycles. The summed E-state index contributed by atoms with van der Waals surface area (Å²) in [5, 5.41) is 4.99. The summed E-state index contributed by atoms with van der Waals surface area (Å²) >= 11 is 0. The first-order valence-corrected chi connectivity index (χ1v) is 6.85. The molecule has 1 saturated heterocycles. The van der Waals surface area contributed by atoms with Crippen molar-refractivity contribution in [2.45, 2.75) is 12.8 Å². The maximum Gasteiger partial charge on any atom is 0.309 e. The smallest absolute Gasteiger partial charge is 0.309 e. The normalized spacial score (nSPS) is 15.8. The van der Waals surface area contributed by atoms with Gasteiger partial charge in [0.1, 0.15) is 0 Å². The Labute approximate surface area is 118 Å². The summed E-state index contributed by atoms with van der Waals surface area (Å²) in [5.41, 5.74) is 1.14. The fourth-order valence-electron chi connectivity index (χ4n) is 2.37. The highest BCUT2D eigenvalue weighted by molar-refractivity contribution is 6.34. The number of piperidine rings is 1. The number of pyridine rings is 1. The van der Waals surface area contributed by atoms with Gasteiger partial charge in [-0.2, -0.15) is 0 Å². The predicted molar refractivity (Wildman–Crippen MR) is 76.3 cm³/mol. The van der Waals surface area contributed by atoms with Crippen molar-refractivity contribution in [3.63, 3.8) is 0 Å². The number of rotatable bonds is 3. The number of nitrogens with one attached hydrogen (secondary N) is 2. The van der Waals surface area contributed by atoms with Crippen LogP contribution >= 0.6 is 0 Å². The minimum atomic E-state index is -0.585. The molecule has 1 aromatic rings. The Kier molecular flexibility index (Phi) is 4.92. The van der Waals surface area contributed by atoms with E-state index in [2.05, 4.69) is 26.6 Å². The summed E-state index contributed by atoms with van der Waals surface area (Å²) in [7, 11) is 1.45. The number of carbonyl (C=O) groups excluding carboxylic acids is 2. The van der Waals surface area contributed by atoms with Crippen molar-refractivity contribution in [3.8, 4) is 0 Å². The molecule has 1 aliphatic heterocycles. The van der Waals surface area contributed by atoms with E-state index in [0.717, 1.165) is 31.6 Å². The number of hydrogen-bond donors (Lipinski definition) is 2. The Morgan fingerprint density at radius 1 is 1.35 bits per heavy atom. The van der Waals surface area contributed by atoms with E-state index in [-0.39, 0.29) is 0 Å². The van der Waals surface area contributed by atoms with Crippen LogP contribution in [0.3, 0.4) is 0 Å². The van der Waals surface area contributed by atoms with Crippen molar-refractivity contribution in [1.29, 1.82) is 0 Å². The maximum atomic E-state index is 11.4. The van der Waals surface area contributed by atoms with Gasteiger partial charge in [0.25, 0.3) is 0 Å². The molecule has 0 spiro atoms. The van der Waals surface area contributed by atoms with Crippen LogP contribution in [-0.4, -0.2) is 43.5 Å². The van der Waals surface area contributed by atoms with E-state index < -0.39 is 11.8 Å². The summed E-state index contributed by atoms with van der Waals surface area (Å²) in [6.45, 7) is 2.46. The minimum absolute atomic E-state index is 0.427. The molecule has 1 aliphatic rings. The summed E-state index contributed by atoms with van der Waals surface area (Å²) < 4.78 is 0. The molecular formula is C14H20N4O2. The van der Waals surface area contributed by atoms with Gasteiger partial charge in [-0.1, -0.05) is 0 Å². The van der Waals surface area contributed by atoms with Gasteiger partial charge < -0.3 is 15.5 Å². The molecule has 0 saturated carbocycles. The Balaban J connectivity index is 1.75. The third kappa shape index (κ3) is 3.69. The molecule has 0 aromatic carbocycles. The van der Waals surface area contributed by atoms with Crippen LogP contribution in [0.25, 0.3) is 0 Å². The molecule has 0 radical (unpaired) electrons. The van der Waals surface area contributed by atoms with Crippen LogP contribution in [0.2, 0.25) is 0 Å². The van der Waals surface area contributed by atoms with Gasteiger partial charge in [0.2, 0.25) is 0 Å². The molecule has 1 aromatic heterocycles. The van der Waals surface area contributed by atoms with E-state index in [1.807, 2.05) is 12.3 Å². The second kappa shape index (κ2) is 6.88. The first-order chi connectivity index (χ1) is 9.70. The first kappa shape index (κ1) is 14.3. The van der Waals surface area contributed by atoms with E-state index in [1.165, 1.54) is 7.05 Å². The summed E-state index contributed by atoms with van der Waals surface area (Å²) in [5.74, 6) is -0.712. The summed E-state index contributed by atoms with van der Waals surface area (Å²) in [4.78, 5) is 28.9. The standard InChI is InChI=1S/C14H20N4O2/c1-15-13(19)14(20)17-9-11-4-7-18(8-5-11)12-3-2-6-16-10-12/h2-3,6,10-11H,4-5,7-9H2,1H3,(H,15,19)(H,17,20). The molecule has 2 amide bonds. The van der Waals surface area contributed by atoms with Gasteiger partial charge >= 0.3 is 11.8 Å². The van der Waals surface area contributed by atoms with Crippen molar-refractivity contribution in [1.82, 2.24) is 15.6 Å². The zero-order chi connectivity index (χ0) is 14.4. The zero-order valence-corrected chi connectivity index (χ0v) is 11.6. The van der Waals surface area contributed by atoms with Crippen molar-refractivity contribution < 1.29 is 9.59 Å². The van der Waals surface area contributed by atoms with E-state index in [0.29, 0.717) is 12.5 Å². The second-order valence-corrected chi connectivity index (χ2v) is 4.93. The Morgan fingerprint density at radius 3 is 2.70 bits per heavy atom. The van der Waals surface area contributed by atoms with Crippen LogP contribution in [0.15, 0.2) is 24.5 Å². The topological polar surface area (TPSA) is 74.3 Å². The number of hydrogen-bond acceptors (Lipinski definition) is 4. The van der Waals surface area contributed by atoms with E-state index in [1.54, 1.807) is 6.20 Å². The lowest BCUT2D eigenvalue weighted by atomic mass is 9.96. The quantitative estimate of drug-likeness (QED) is 0.771. The Morgan fingerprint density at radius 2 is 2.10 bits per heavy atom. The van der Waals surface area contributed by atoms with Crippen LogP contribution < -0.4 is 15.5 Å². The van der Waals surface area contributed by atoms with Crippen LogP contribution in [0, 0.1) is 5.92 Å². The molecule has 2 rings (SSSR count). The van der Waals surface area contributed by atoms with Gasteiger partial charge in [0.15, 0.2) is 0 Å². The highest BCUT2D eigenvalue weighted by Gasteiger charge is 2.21. The number of aromatic nitrogens is 1. The Bertz CT molecular complexity index is 456. The SMILES string of the molecule is CNC(=O)C(=O)NCC1CCN(c2cccnc2)CC1. The van der Waals surface area contributed by atoms with Gasteiger partial charge in [-0.15, -0.1) is 0 Å². The molecule has 20 heavy (non-hydrogen) atoms. The molecule has 0 bridgehead atoms. The van der Waals surface area contributed by atoms with Crippen LogP contribution in [-0.2, 0) is 9.59 Å². The zero-order valence-electron chi connectivity index (χ0n) is 11.6. The molecule has 1 fully saturated rings. The van der Waals surface area contributed by atoms with Crippen molar-refractivity contribution >= 4 is 17.5 Å². The number of nitrogens with zero attached hydrogens (tertiary/aromatic N) is 2. The molecular weight excluding hydrogens is 256 g/mol. The van der Waals surface area contributed by atoms with E-state index >= 15 is 0 Å². The van der Waals surface area contributed by atoms with Gasteiger partial charge in [-0.3, -0.25) is 14.6 Å². The van der Waals surface area contributed by atoms with Gasteiger partial charge in [-0.05, 0) is 30.9 Å². The van der Waals surface area contributed by atoms with Crippen LogP contribution in [0.1, 0.15) is 12.8 Å². The van der Waals surface area contributed by atoms with Gasteiger partial charge in [-0.25, -0.2) is 0 Å². The minimum Gasteiger partial charge on any atom is -0.370 e. The molecule has 2 N–H and O–H groups in total. The van der Waals surface area contributed by atoms with Crippen molar-refractivity contribution in [2.75, 3.05) is 31.6 Å². The molecule has 6 heteroatoms. The molecule has 0 unspecified atom stereocenters. The largest absolute Gasteiger partial charge is 0.370 e. The average molecular weight is 276 g/mol. The van der Waals surface area contributed by atoms with Gasteiger partial charge in [0, 0.05) is 32.9 Å². The first-order valence-electron chi connectivity index (χ1n) is 6.85. The molecule has 6 nitrogen and oxygen atoms in total. The lowest BCUT2D eigenvalue weighted by Gasteiger charge is -2.33. The molecule has 108 valence electrons. The number of anilines is 1. The lowest BCUT2D eigenvalue weighted by molar-refractivity contribution is -0.139. The molecule has 0 atom stereocenters. The van der Waals surface area contributed by atoms with Crippen molar-refractivity contribution in [3.05, 3.63) is 24.5 Å². The monoisotopic (exact) mass is 276 g/mol. The maximum absolute atomic E-state index is 11.4.